The van der Waals surface area contributed by atoms with E-state index in [2.05, 4.69) is 20.5 Å². The van der Waals surface area contributed by atoms with E-state index in [1.807, 2.05) is 0 Å². The molecule has 18 heavy (non-hydrogen) atoms. The Bertz CT molecular complexity index is 460. The van der Waals surface area contributed by atoms with Crippen molar-refractivity contribution in [1.82, 2.24) is 10.3 Å². The van der Waals surface area contributed by atoms with Crippen molar-refractivity contribution < 1.29 is 13.2 Å². The standard InChI is InChI=1S/C11H13F3N4/c12-11(13,14)7-3-9-10(17-4-7)18-2-1-15-5-8(18)6-16-9/h3-4,8,15-16H,1-2,5-6H2/t8-/m0/s1. The van der Waals surface area contributed by atoms with Crippen molar-refractivity contribution in [3.63, 3.8) is 0 Å². The third-order valence-corrected chi connectivity index (χ3v) is 3.34. The van der Waals surface area contributed by atoms with Crippen LogP contribution in [0.2, 0.25) is 0 Å². The molecule has 0 aliphatic carbocycles. The quantitative estimate of drug-likeness (QED) is 0.736. The number of nitrogens with one attached hydrogen (secondary N) is 2. The second kappa shape index (κ2) is 4.01. The van der Waals surface area contributed by atoms with Gasteiger partial charge in [-0.15, -0.1) is 0 Å². The zero-order chi connectivity index (χ0) is 12.8. The third-order valence-electron chi connectivity index (χ3n) is 3.34. The van der Waals surface area contributed by atoms with E-state index >= 15 is 0 Å². The van der Waals surface area contributed by atoms with Gasteiger partial charge in [0.2, 0.25) is 0 Å². The molecule has 0 spiro atoms. The van der Waals surface area contributed by atoms with Crippen LogP contribution in [-0.4, -0.2) is 37.2 Å². The molecule has 1 fully saturated rings. The minimum absolute atomic E-state index is 0.260. The van der Waals surface area contributed by atoms with Crippen molar-refractivity contribution in [2.75, 3.05) is 36.4 Å². The Morgan fingerprint density at radius 3 is 2.94 bits per heavy atom. The Morgan fingerprint density at radius 1 is 1.33 bits per heavy atom. The highest BCUT2D eigenvalue weighted by molar-refractivity contribution is 5.69. The number of rotatable bonds is 0. The first-order valence-electron chi connectivity index (χ1n) is 5.84. The summed E-state index contributed by atoms with van der Waals surface area (Å²) < 4.78 is 37.8. The Morgan fingerprint density at radius 2 is 2.17 bits per heavy atom. The number of pyridine rings is 1. The van der Waals surface area contributed by atoms with E-state index in [1.165, 1.54) is 0 Å². The second-order valence-corrected chi connectivity index (χ2v) is 4.53. The maximum atomic E-state index is 12.6. The van der Waals surface area contributed by atoms with Crippen LogP contribution in [0, 0.1) is 0 Å². The fraction of sp³-hybridized carbons (Fsp3) is 0.545. The number of anilines is 2. The normalized spacial score (nSPS) is 23.1. The van der Waals surface area contributed by atoms with Gasteiger partial charge in [0.25, 0.3) is 0 Å². The second-order valence-electron chi connectivity index (χ2n) is 4.53. The summed E-state index contributed by atoms with van der Waals surface area (Å²) in [5.74, 6) is 0.626. The molecule has 0 bridgehead atoms. The topological polar surface area (TPSA) is 40.2 Å². The fourth-order valence-electron chi connectivity index (χ4n) is 2.42. The number of hydrogen-bond acceptors (Lipinski definition) is 4. The molecule has 98 valence electrons. The van der Waals surface area contributed by atoms with Gasteiger partial charge in [-0.05, 0) is 6.07 Å². The summed E-state index contributed by atoms with van der Waals surface area (Å²) in [5, 5.41) is 6.29. The summed E-state index contributed by atoms with van der Waals surface area (Å²) in [5.41, 5.74) is -0.231. The van der Waals surface area contributed by atoms with Crippen molar-refractivity contribution in [1.29, 1.82) is 0 Å². The van der Waals surface area contributed by atoms with Crippen LogP contribution in [0.1, 0.15) is 5.56 Å². The van der Waals surface area contributed by atoms with Crippen molar-refractivity contribution in [3.05, 3.63) is 17.8 Å². The number of halogens is 3. The smallest absolute Gasteiger partial charge is 0.380 e. The number of piperazine rings is 1. The van der Waals surface area contributed by atoms with Crippen molar-refractivity contribution in [3.8, 4) is 0 Å². The highest BCUT2D eigenvalue weighted by Crippen LogP contribution is 2.36. The molecule has 0 unspecified atom stereocenters. The highest BCUT2D eigenvalue weighted by atomic mass is 19.4. The van der Waals surface area contributed by atoms with E-state index in [9.17, 15) is 13.2 Å². The largest absolute Gasteiger partial charge is 0.417 e. The van der Waals surface area contributed by atoms with Crippen LogP contribution < -0.4 is 15.5 Å². The number of fused-ring (bicyclic) bond motifs is 3. The minimum atomic E-state index is -4.34. The van der Waals surface area contributed by atoms with E-state index in [4.69, 9.17) is 0 Å². The van der Waals surface area contributed by atoms with Crippen LogP contribution >= 0.6 is 0 Å². The van der Waals surface area contributed by atoms with Gasteiger partial charge in [0, 0.05) is 32.4 Å². The van der Waals surface area contributed by atoms with Gasteiger partial charge in [-0.25, -0.2) is 4.98 Å². The molecular formula is C11H13F3N4. The van der Waals surface area contributed by atoms with Crippen LogP contribution in [0.15, 0.2) is 12.3 Å². The third kappa shape index (κ3) is 1.88. The lowest BCUT2D eigenvalue weighted by atomic mass is 10.1. The highest BCUT2D eigenvalue weighted by Gasteiger charge is 2.34. The van der Waals surface area contributed by atoms with Crippen LogP contribution in [0.3, 0.4) is 0 Å². The monoisotopic (exact) mass is 258 g/mol. The molecule has 0 saturated carbocycles. The van der Waals surface area contributed by atoms with Gasteiger partial charge < -0.3 is 15.5 Å². The molecule has 0 amide bonds. The summed E-state index contributed by atoms with van der Waals surface area (Å²) in [6, 6.07) is 1.40. The zero-order valence-corrected chi connectivity index (χ0v) is 9.59. The van der Waals surface area contributed by atoms with Crippen LogP contribution in [0.25, 0.3) is 0 Å². The SMILES string of the molecule is FC(F)(F)c1cnc2c(c1)NC[C@@H]1CNCCN21. The average Bonchev–Trinajstić information content (AvgIpc) is 2.37. The van der Waals surface area contributed by atoms with Crippen molar-refractivity contribution in [2.24, 2.45) is 0 Å². The maximum absolute atomic E-state index is 12.6. The molecule has 1 aromatic rings. The average molecular weight is 258 g/mol. The molecule has 7 heteroatoms. The Balaban J connectivity index is 1.96. The molecular weight excluding hydrogens is 245 g/mol. The van der Waals surface area contributed by atoms with Crippen LogP contribution in [-0.2, 0) is 6.18 Å². The molecule has 0 aromatic carbocycles. The van der Waals surface area contributed by atoms with Gasteiger partial charge in [-0.3, -0.25) is 0 Å². The van der Waals surface area contributed by atoms with Gasteiger partial charge in [0.15, 0.2) is 5.82 Å². The molecule has 1 aromatic heterocycles. The molecule has 1 saturated heterocycles. The molecule has 2 aliphatic rings. The van der Waals surface area contributed by atoms with Crippen molar-refractivity contribution >= 4 is 11.5 Å². The van der Waals surface area contributed by atoms with Gasteiger partial charge in [-0.2, -0.15) is 13.2 Å². The lowest BCUT2D eigenvalue weighted by Crippen LogP contribution is -2.56. The summed E-state index contributed by atoms with van der Waals surface area (Å²) in [6.45, 7) is 3.08. The Labute approximate surface area is 102 Å². The number of aromatic nitrogens is 1. The maximum Gasteiger partial charge on any atom is 0.417 e. The number of nitrogens with zero attached hydrogens (tertiary/aromatic N) is 2. The molecule has 3 rings (SSSR count). The summed E-state index contributed by atoms with van der Waals surface area (Å²) in [6.07, 6.45) is -3.44. The first kappa shape index (κ1) is 11.6. The molecule has 4 nitrogen and oxygen atoms in total. The predicted molar refractivity (Wildman–Crippen MR) is 61.7 cm³/mol. The first-order valence-corrected chi connectivity index (χ1v) is 5.84. The van der Waals surface area contributed by atoms with E-state index in [0.29, 0.717) is 18.1 Å². The van der Waals surface area contributed by atoms with E-state index in [0.717, 1.165) is 31.9 Å². The summed E-state index contributed by atoms with van der Waals surface area (Å²) in [7, 11) is 0. The molecule has 2 N–H and O–H groups in total. The van der Waals surface area contributed by atoms with Crippen LogP contribution in [0.5, 0.6) is 0 Å². The molecule has 2 aliphatic heterocycles. The predicted octanol–water partition coefficient (Wildman–Crippen LogP) is 1.30. The summed E-state index contributed by atoms with van der Waals surface area (Å²) >= 11 is 0. The fourth-order valence-corrected chi connectivity index (χ4v) is 2.42. The molecule has 0 radical (unpaired) electrons. The van der Waals surface area contributed by atoms with Gasteiger partial charge in [0.05, 0.1) is 17.3 Å². The number of alkyl halides is 3. The van der Waals surface area contributed by atoms with E-state index < -0.39 is 11.7 Å². The number of hydrogen-bond donors (Lipinski definition) is 2. The van der Waals surface area contributed by atoms with Gasteiger partial charge in [-0.1, -0.05) is 0 Å². The first-order chi connectivity index (χ1) is 8.55. The Hall–Kier alpha value is -1.50. The molecule has 1 atom stereocenters. The van der Waals surface area contributed by atoms with Crippen LogP contribution in [0.4, 0.5) is 24.7 Å². The van der Waals surface area contributed by atoms with Gasteiger partial charge >= 0.3 is 6.18 Å². The lowest BCUT2D eigenvalue weighted by Gasteiger charge is -2.41. The van der Waals surface area contributed by atoms with E-state index in [-0.39, 0.29) is 6.04 Å². The zero-order valence-electron chi connectivity index (χ0n) is 9.59. The summed E-state index contributed by atoms with van der Waals surface area (Å²) in [4.78, 5) is 6.06. The Kier molecular flexibility index (Phi) is 2.58. The molecule has 3 heterocycles. The van der Waals surface area contributed by atoms with Crippen molar-refractivity contribution in [2.45, 2.75) is 12.2 Å². The lowest BCUT2D eigenvalue weighted by molar-refractivity contribution is -0.137. The minimum Gasteiger partial charge on any atom is -0.380 e. The van der Waals surface area contributed by atoms with E-state index in [1.54, 1.807) is 0 Å². The van der Waals surface area contributed by atoms with Gasteiger partial charge in [0.1, 0.15) is 0 Å².